The third-order valence-corrected chi connectivity index (χ3v) is 4.07. The van der Waals surface area contributed by atoms with Gasteiger partial charge in [0.05, 0.1) is 29.6 Å². The smallest absolute Gasteiger partial charge is 0.280 e. The van der Waals surface area contributed by atoms with Gasteiger partial charge in [-0.15, -0.1) is 0 Å². The number of amides is 1. The Morgan fingerprint density at radius 3 is 2.46 bits per heavy atom. The summed E-state index contributed by atoms with van der Waals surface area (Å²) in [6, 6.07) is 16.7. The van der Waals surface area contributed by atoms with Gasteiger partial charge in [-0.25, -0.2) is 4.99 Å². The number of hydrogen-bond acceptors (Lipinski definition) is 3. The summed E-state index contributed by atoms with van der Waals surface area (Å²) < 4.78 is 5.36. The van der Waals surface area contributed by atoms with E-state index in [-0.39, 0.29) is 11.8 Å². The van der Waals surface area contributed by atoms with Crippen LogP contribution in [0.4, 0.5) is 0 Å². The van der Waals surface area contributed by atoms with Crippen LogP contribution in [0.1, 0.15) is 21.5 Å². The Labute approximate surface area is 138 Å². The summed E-state index contributed by atoms with van der Waals surface area (Å²) in [7, 11) is 1.56. The molecule has 0 spiro atoms. The molecule has 2 aromatic carbocycles. The molecular weight excluding hydrogens is 304 g/mol. The van der Waals surface area contributed by atoms with Gasteiger partial charge in [0.2, 0.25) is 0 Å². The van der Waals surface area contributed by atoms with Crippen molar-refractivity contribution in [2.45, 2.75) is 0 Å². The number of aromatic hydroxyl groups is 1. The summed E-state index contributed by atoms with van der Waals surface area (Å²) in [5.74, 6) is 0.152. The number of nitrogens with zero attached hydrogens (tertiary/aromatic N) is 1. The zero-order valence-electron chi connectivity index (χ0n) is 12.9. The third-order valence-electron chi connectivity index (χ3n) is 4.07. The van der Waals surface area contributed by atoms with Crippen molar-refractivity contribution in [3.63, 3.8) is 0 Å². The number of aliphatic imine (C=N–C) groups is 1. The molecule has 3 aromatic rings. The molecule has 0 aliphatic carbocycles. The molecule has 118 valence electrons. The third kappa shape index (κ3) is 2.02. The van der Waals surface area contributed by atoms with Crippen LogP contribution in [0.15, 0.2) is 59.6 Å². The van der Waals surface area contributed by atoms with E-state index in [1.54, 1.807) is 13.2 Å². The first-order chi connectivity index (χ1) is 11.7. The van der Waals surface area contributed by atoms with Gasteiger partial charge in [0.1, 0.15) is 5.75 Å². The number of benzene rings is 2. The number of para-hydroxylation sites is 1. The van der Waals surface area contributed by atoms with Crippen molar-refractivity contribution < 1.29 is 14.6 Å². The van der Waals surface area contributed by atoms with Gasteiger partial charge in [-0.05, 0) is 17.7 Å². The number of rotatable bonds is 3. The van der Waals surface area contributed by atoms with Crippen molar-refractivity contribution in [2.75, 3.05) is 7.11 Å². The number of carbonyl (C=O) groups excluding carboxylic acids is 1. The van der Waals surface area contributed by atoms with E-state index in [1.165, 1.54) is 0 Å². The lowest BCUT2D eigenvalue weighted by molar-refractivity contribution is 0.101. The van der Waals surface area contributed by atoms with E-state index in [0.717, 1.165) is 5.56 Å². The predicted octanol–water partition coefficient (Wildman–Crippen LogP) is 3.39. The molecule has 1 aliphatic rings. The summed E-state index contributed by atoms with van der Waals surface area (Å²) >= 11 is 0. The zero-order valence-corrected chi connectivity index (χ0v) is 12.9. The highest BCUT2D eigenvalue weighted by atomic mass is 16.5. The van der Waals surface area contributed by atoms with Crippen molar-refractivity contribution in [3.05, 3.63) is 71.3 Å². The Balaban J connectivity index is 1.92. The molecular formula is C19H14N2O3. The highest BCUT2D eigenvalue weighted by molar-refractivity contribution is 6.31. The van der Waals surface area contributed by atoms with Crippen LogP contribution in [0, 0.1) is 0 Å². The van der Waals surface area contributed by atoms with E-state index in [1.807, 2.05) is 48.5 Å². The largest absolute Gasteiger partial charge is 0.496 e. The minimum atomic E-state index is -0.374. The SMILES string of the molecule is COc1ccccc1C1=NC(=O)c2c(-c3ccccc3)[nH]c(O)c21. The number of hydrogen-bond donors (Lipinski definition) is 2. The topological polar surface area (TPSA) is 74.7 Å². The van der Waals surface area contributed by atoms with Crippen molar-refractivity contribution in [2.24, 2.45) is 4.99 Å². The van der Waals surface area contributed by atoms with Gasteiger partial charge in [0.15, 0.2) is 5.88 Å². The standard InChI is InChI=1S/C19H14N2O3/c1-24-13-10-6-5-9-12(13)17-15-14(18(22)21-17)16(20-19(15)23)11-7-3-2-4-8-11/h2-10,20,23H,1H3. The number of methoxy groups -OCH3 is 1. The fraction of sp³-hybridized carbons (Fsp3) is 0.0526. The van der Waals surface area contributed by atoms with Gasteiger partial charge in [0.25, 0.3) is 5.91 Å². The summed E-state index contributed by atoms with van der Waals surface area (Å²) in [6.07, 6.45) is 0. The van der Waals surface area contributed by atoms with Gasteiger partial charge in [0, 0.05) is 5.56 Å². The Bertz CT molecular complexity index is 972. The van der Waals surface area contributed by atoms with Crippen LogP contribution in [0.25, 0.3) is 11.3 Å². The maximum Gasteiger partial charge on any atom is 0.280 e. The Morgan fingerprint density at radius 2 is 1.71 bits per heavy atom. The molecule has 0 radical (unpaired) electrons. The van der Waals surface area contributed by atoms with E-state index in [4.69, 9.17) is 4.74 Å². The minimum Gasteiger partial charge on any atom is -0.496 e. The average molecular weight is 318 g/mol. The van der Waals surface area contributed by atoms with Crippen LogP contribution in [0.3, 0.4) is 0 Å². The molecule has 4 rings (SSSR count). The molecule has 1 amide bonds. The Morgan fingerprint density at radius 1 is 1.00 bits per heavy atom. The number of nitrogens with one attached hydrogen (secondary N) is 1. The van der Waals surface area contributed by atoms with Crippen LogP contribution < -0.4 is 4.74 Å². The fourth-order valence-electron chi connectivity index (χ4n) is 3.00. The van der Waals surface area contributed by atoms with E-state index < -0.39 is 0 Å². The maximum absolute atomic E-state index is 12.5. The highest BCUT2D eigenvalue weighted by Crippen LogP contribution is 2.39. The molecule has 1 aliphatic heterocycles. The van der Waals surface area contributed by atoms with Crippen molar-refractivity contribution in [1.82, 2.24) is 4.98 Å². The minimum absolute atomic E-state index is 0.0700. The fourth-order valence-corrected chi connectivity index (χ4v) is 3.00. The van der Waals surface area contributed by atoms with Crippen molar-refractivity contribution in [3.8, 4) is 22.9 Å². The molecule has 0 atom stereocenters. The molecule has 24 heavy (non-hydrogen) atoms. The van der Waals surface area contributed by atoms with Crippen LogP contribution in [-0.4, -0.2) is 28.8 Å². The first-order valence-corrected chi connectivity index (χ1v) is 7.48. The van der Waals surface area contributed by atoms with E-state index in [9.17, 15) is 9.90 Å². The second-order valence-electron chi connectivity index (χ2n) is 5.43. The summed E-state index contributed by atoms with van der Waals surface area (Å²) in [5, 5.41) is 10.4. The molecule has 5 heteroatoms. The molecule has 0 saturated carbocycles. The molecule has 0 bridgehead atoms. The first-order valence-electron chi connectivity index (χ1n) is 7.48. The van der Waals surface area contributed by atoms with Crippen LogP contribution in [-0.2, 0) is 0 Å². The number of carbonyl (C=O) groups is 1. The Hall–Kier alpha value is -3.34. The molecule has 0 unspecified atom stereocenters. The van der Waals surface area contributed by atoms with Gasteiger partial charge in [-0.2, -0.15) is 0 Å². The molecule has 1 aromatic heterocycles. The lowest BCUT2D eigenvalue weighted by Crippen LogP contribution is -2.02. The number of H-pyrrole nitrogens is 1. The van der Waals surface area contributed by atoms with Crippen molar-refractivity contribution in [1.29, 1.82) is 0 Å². The second-order valence-corrected chi connectivity index (χ2v) is 5.43. The van der Waals surface area contributed by atoms with Gasteiger partial charge < -0.3 is 14.8 Å². The van der Waals surface area contributed by atoms with Crippen LogP contribution >= 0.6 is 0 Å². The second kappa shape index (κ2) is 5.38. The molecule has 0 fully saturated rings. The quantitative estimate of drug-likeness (QED) is 0.777. The number of fused-ring (bicyclic) bond motifs is 1. The lowest BCUT2D eigenvalue weighted by atomic mass is 9.99. The van der Waals surface area contributed by atoms with E-state index in [2.05, 4.69) is 9.98 Å². The molecule has 2 heterocycles. The van der Waals surface area contributed by atoms with E-state index >= 15 is 0 Å². The molecule has 0 saturated heterocycles. The van der Waals surface area contributed by atoms with Crippen molar-refractivity contribution >= 4 is 11.6 Å². The highest BCUT2D eigenvalue weighted by Gasteiger charge is 2.34. The molecule has 2 N–H and O–H groups in total. The zero-order chi connectivity index (χ0) is 16.7. The number of ether oxygens (including phenoxy) is 1. The molecule has 5 nitrogen and oxygen atoms in total. The van der Waals surface area contributed by atoms with Crippen LogP contribution in [0.5, 0.6) is 11.6 Å². The van der Waals surface area contributed by atoms with Gasteiger partial charge in [-0.3, -0.25) is 4.79 Å². The monoisotopic (exact) mass is 318 g/mol. The normalized spacial score (nSPS) is 12.9. The summed E-state index contributed by atoms with van der Waals surface area (Å²) in [4.78, 5) is 19.6. The van der Waals surface area contributed by atoms with Gasteiger partial charge >= 0.3 is 0 Å². The van der Waals surface area contributed by atoms with Crippen LogP contribution in [0.2, 0.25) is 0 Å². The summed E-state index contributed by atoms with van der Waals surface area (Å²) in [5.41, 5.74) is 3.29. The predicted molar refractivity (Wildman–Crippen MR) is 90.9 cm³/mol. The maximum atomic E-state index is 12.5. The number of aromatic amines is 1. The average Bonchev–Trinajstić information content (AvgIpc) is 3.14. The van der Waals surface area contributed by atoms with E-state index in [0.29, 0.717) is 33.8 Å². The Kier molecular flexibility index (Phi) is 3.20. The summed E-state index contributed by atoms with van der Waals surface area (Å²) in [6.45, 7) is 0. The lowest BCUT2D eigenvalue weighted by Gasteiger charge is -2.07. The van der Waals surface area contributed by atoms with Gasteiger partial charge in [-0.1, -0.05) is 42.5 Å². The number of aromatic nitrogens is 1. The first kappa shape index (κ1) is 14.3.